The first-order valence-electron chi connectivity index (χ1n) is 7.99. The first-order chi connectivity index (χ1) is 11.8. The van der Waals surface area contributed by atoms with E-state index in [1.807, 2.05) is 52.3 Å². The summed E-state index contributed by atoms with van der Waals surface area (Å²) in [7, 11) is 0. The Morgan fingerprint density at radius 2 is 1.75 bits per heavy atom. The lowest BCUT2D eigenvalue weighted by molar-refractivity contribution is 0.0714. The van der Waals surface area contributed by atoms with Gasteiger partial charge < -0.3 is 14.2 Å². The van der Waals surface area contributed by atoms with E-state index in [1.165, 1.54) is 6.26 Å². The molecule has 1 aliphatic rings. The molecule has 1 fully saturated rings. The molecule has 1 saturated heterocycles. The predicted molar refractivity (Wildman–Crippen MR) is 90.4 cm³/mol. The number of furan rings is 1. The molecule has 6 heteroatoms. The van der Waals surface area contributed by atoms with Gasteiger partial charge in [-0.05, 0) is 24.3 Å². The molecule has 4 rings (SSSR count). The van der Waals surface area contributed by atoms with E-state index >= 15 is 0 Å². The van der Waals surface area contributed by atoms with Crippen molar-refractivity contribution in [1.82, 2.24) is 14.7 Å². The number of para-hydroxylation sites is 1. The second-order valence-corrected chi connectivity index (χ2v) is 5.74. The zero-order chi connectivity index (χ0) is 16.4. The van der Waals surface area contributed by atoms with Crippen LogP contribution in [0.1, 0.15) is 10.6 Å². The summed E-state index contributed by atoms with van der Waals surface area (Å²) < 4.78 is 7.06. The molecule has 3 heterocycles. The first-order valence-corrected chi connectivity index (χ1v) is 7.99. The number of carbonyl (C=O) groups excluding carboxylic acids is 1. The van der Waals surface area contributed by atoms with Crippen LogP contribution < -0.4 is 4.90 Å². The van der Waals surface area contributed by atoms with Crippen LogP contribution in [0.25, 0.3) is 5.69 Å². The normalized spacial score (nSPS) is 14.8. The average Bonchev–Trinajstić information content (AvgIpc) is 3.34. The highest BCUT2D eigenvalue weighted by Gasteiger charge is 2.24. The number of hydrogen-bond acceptors (Lipinski definition) is 4. The Balaban J connectivity index is 1.41. The molecular weight excluding hydrogens is 304 g/mol. The molecule has 2 aromatic heterocycles. The minimum absolute atomic E-state index is 0.0420. The van der Waals surface area contributed by atoms with Gasteiger partial charge in [0, 0.05) is 26.2 Å². The van der Waals surface area contributed by atoms with Crippen LogP contribution in [0.5, 0.6) is 0 Å². The molecule has 0 atom stereocenters. The van der Waals surface area contributed by atoms with Crippen molar-refractivity contribution < 1.29 is 9.21 Å². The molecule has 0 bridgehead atoms. The van der Waals surface area contributed by atoms with E-state index in [-0.39, 0.29) is 5.91 Å². The summed E-state index contributed by atoms with van der Waals surface area (Å²) in [5.41, 5.74) is 2.11. The number of carbonyl (C=O) groups is 1. The summed E-state index contributed by atoms with van der Waals surface area (Å²) in [5.74, 6) is 0.361. The maximum Gasteiger partial charge on any atom is 0.289 e. The Morgan fingerprint density at radius 1 is 0.958 bits per heavy atom. The molecular formula is C18H18N4O2. The number of nitrogens with zero attached hydrogens (tertiary/aromatic N) is 4. The van der Waals surface area contributed by atoms with E-state index in [9.17, 15) is 4.79 Å². The van der Waals surface area contributed by atoms with Crippen molar-refractivity contribution in [2.45, 2.75) is 0 Å². The quantitative estimate of drug-likeness (QED) is 0.743. The van der Waals surface area contributed by atoms with Crippen molar-refractivity contribution in [2.24, 2.45) is 0 Å². The highest BCUT2D eigenvalue weighted by Crippen LogP contribution is 2.18. The van der Waals surface area contributed by atoms with Gasteiger partial charge >= 0.3 is 0 Å². The van der Waals surface area contributed by atoms with Gasteiger partial charge in [0.2, 0.25) is 0 Å². The molecule has 24 heavy (non-hydrogen) atoms. The van der Waals surface area contributed by atoms with Crippen LogP contribution in [0.15, 0.2) is 65.5 Å². The highest BCUT2D eigenvalue weighted by atomic mass is 16.3. The zero-order valence-electron chi connectivity index (χ0n) is 13.2. The number of rotatable bonds is 3. The lowest BCUT2D eigenvalue weighted by atomic mass is 10.2. The van der Waals surface area contributed by atoms with Crippen molar-refractivity contribution in [1.29, 1.82) is 0 Å². The van der Waals surface area contributed by atoms with Crippen LogP contribution in [0, 0.1) is 0 Å². The fraction of sp³-hybridized carbons (Fsp3) is 0.222. The Morgan fingerprint density at radius 3 is 2.46 bits per heavy atom. The number of hydrogen-bond donors (Lipinski definition) is 0. The second-order valence-electron chi connectivity index (χ2n) is 5.74. The molecule has 0 aliphatic carbocycles. The number of benzene rings is 1. The summed E-state index contributed by atoms with van der Waals surface area (Å²) in [6.45, 7) is 2.92. The largest absolute Gasteiger partial charge is 0.459 e. The summed E-state index contributed by atoms with van der Waals surface area (Å²) in [4.78, 5) is 16.4. The van der Waals surface area contributed by atoms with Crippen molar-refractivity contribution in [3.05, 3.63) is 66.9 Å². The molecule has 1 aliphatic heterocycles. The zero-order valence-corrected chi connectivity index (χ0v) is 13.2. The number of piperazine rings is 1. The molecule has 3 aromatic rings. The van der Waals surface area contributed by atoms with Crippen LogP contribution in [0.3, 0.4) is 0 Å². The van der Waals surface area contributed by atoms with E-state index in [4.69, 9.17) is 4.42 Å². The molecule has 0 unspecified atom stereocenters. The Bertz CT molecular complexity index is 803. The van der Waals surface area contributed by atoms with Crippen molar-refractivity contribution in [2.75, 3.05) is 31.1 Å². The molecule has 0 N–H and O–H groups in total. The van der Waals surface area contributed by atoms with Crippen LogP contribution >= 0.6 is 0 Å². The molecule has 122 valence electrons. The lowest BCUT2D eigenvalue weighted by Crippen LogP contribution is -2.48. The SMILES string of the molecule is O=C(c1ccco1)N1CCN(c2cnn(-c3ccccc3)c2)CC1. The van der Waals surface area contributed by atoms with Gasteiger partial charge in [-0.1, -0.05) is 18.2 Å². The molecule has 6 nitrogen and oxygen atoms in total. The van der Waals surface area contributed by atoms with E-state index in [0.29, 0.717) is 18.8 Å². The summed E-state index contributed by atoms with van der Waals surface area (Å²) in [6.07, 6.45) is 5.43. The fourth-order valence-electron chi connectivity index (χ4n) is 2.92. The highest BCUT2D eigenvalue weighted by molar-refractivity contribution is 5.91. The maximum atomic E-state index is 12.3. The smallest absolute Gasteiger partial charge is 0.289 e. The third-order valence-electron chi connectivity index (χ3n) is 4.25. The van der Waals surface area contributed by atoms with Crippen LogP contribution in [0.4, 0.5) is 5.69 Å². The summed E-state index contributed by atoms with van der Waals surface area (Å²) in [5, 5.41) is 4.44. The number of aromatic nitrogens is 2. The molecule has 0 spiro atoms. The van der Waals surface area contributed by atoms with Gasteiger partial charge in [0.1, 0.15) is 0 Å². The van der Waals surface area contributed by atoms with Gasteiger partial charge in [0.15, 0.2) is 5.76 Å². The van der Waals surface area contributed by atoms with Crippen LogP contribution in [0.2, 0.25) is 0 Å². The van der Waals surface area contributed by atoms with Crippen LogP contribution in [-0.4, -0.2) is 46.8 Å². The molecule has 1 amide bonds. The lowest BCUT2D eigenvalue weighted by Gasteiger charge is -2.34. The third-order valence-corrected chi connectivity index (χ3v) is 4.25. The summed E-state index contributed by atoms with van der Waals surface area (Å²) >= 11 is 0. The Hall–Kier alpha value is -3.02. The van der Waals surface area contributed by atoms with Gasteiger partial charge in [-0.15, -0.1) is 0 Å². The first kappa shape index (κ1) is 14.6. The van der Waals surface area contributed by atoms with Gasteiger partial charge in [-0.2, -0.15) is 5.10 Å². The van der Waals surface area contributed by atoms with Gasteiger partial charge in [0.05, 0.1) is 30.0 Å². The number of amides is 1. The number of anilines is 1. The Kier molecular flexibility index (Phi) is 3.78. The van der Waals surface area contributed by atoms with E-state index < -0.39 is 0 Å². The molecule has 1 aromatic carbocycles. The monoisotopic (exact) mass is 322 g/mol. The van der Waals surface area contributed by atoms with Crippen LogP contribution in [-0.2, 0) is 0 Å². The van der Waals surface area contributed by atoms with Gasteiger partial charge in [0.25, 0.3) is 5.91 Å². The second kappa shape index (κ2) is 6.23. The molecule has 0 radical (unpaired) electrons. The minimum Gasteiger partial charge on any atom is -0.459 e. The standard InChI is InChI=1S/C18H18N4O2/c23-18(17-7-4-12-24-17)21-10-8-20(9-11-21)16-13-19-22(14-16)15-5-2-1-3-6-15/h1-7,12-14H,8-11H2. The van der Waals surface area contributed by atoms with Gasteiger partial charge in [-0.3, -0.25) is 4.79 Å². The minimum atomic E-state index is -0.0420. The molecule has 0 saturated carbocycles. The van der Waals surface area contributed by atoms with Crippen molar-refractivity contribution in [3.63, 3.8) is 0 Å². The van der Waals surface area contributed by atoms with E-state index in [2.05, 4.69) is 10.00 Å². The van der Waals surface area contributed by atoms with E-state index in [1.54, 1.807) is 12.1 Å². The van der Waals surface area contributed by atoms with Gasteiger partial charge in [-0.25, -0.2) is 4.68 Å². The van der Waals surface area contributed by atoms with Crippen molar-refractivity contribution >= 4 is 11.6 Å². The van der Waals surface area contributed by atoms with E-state index in [0.717, 1.165) is 24.5 Å². The topological polar surface area (TPSA) is 54.5 Å². The van der Waals surface area contributed by atoms with Crippen molar-refractivity contribution in [3.8, 4) is 5.69 Å². The fourth-order valence-corrected chi connectivity index (χ4v) is 2.92. The maximum absolute atomic E-state index is 12.3. The summed E-state index contributed by atoms with van der Waals surface area (Å²) in [6, 6.07) is 13.5. The average molecular weight is 322 g/mol. The Labute approximate surface area is 139 Å². The third kappa shape index (κ3) is 2.78. The predicted octanol–water partition coefficient (Wildman–Crippen LogP) is 2.43.